The minimum Gasteiger partial charge on any atom is -0.467 e. The standard InChI is InChI=1S/C13H13BrFNO/c1-2-16-13(11-7-4-8-17-11)9-5-3-6-10(15)12(9)14/h3-8,13,16H,2H2,1H3. The molecule has 0 saturated carbocycles. The van der Waals surface area contributed by atoms with Crippen molar-refractivity contribution in [3.05, 3.63) is 58.2 Å². The smallest absolute Gasteiger partial charge is 0.137 e. The van der Waals surface area contributed by atoms with Gasteiger partial charge in [-0.05, 0) is 46.2 Å². The fraction of sp³-hybridized carbons (Fsp3) is 0.231. The molecule has 2 aromatic rings. The topological polar surface area (TPSA) is 25.2 Å². The molecule has 0 aliphatic heterocycles. The first-order chi connectivity index (χ1) is 8.24. The lowest BCUT2D eigenvalue weighted by Gasteiger charge is -2.17. The quantitative estimate of drug-likeness (QED) is 0.926. The van der Waals surface area contributed by atoms with Gasteiger partial charge in [-0.15, -0.1) is 0 Å². The van der Waals surface area contributed by atoms with Gasteiger partial charge in [-0.2, -0.15) is 0 Å². The molecule has 0 amide bonds. The normalized spacial score (nSPS) is 12.6. The van der Waals surface area contributed by atoms with Crippen LogP contribution in [-0.2, 0) is 0 Å². The lowest BCUT2D eigenvalue weighted by Crippen LogP contribution is -2.22. The first-order valence-electron chi connectivity index (χ1n) is 5.44. The predicted octanol–water partition coefficient (Wildman–Crippen LogP) is 3.88. The van der Waals surface area contributed by atoms with Gasteiger partial charge >= 0.3 is 0 Å². The van der Waals surface area contributed by atoms with Crippen LogP contribution in [0.5, 0.6) is 0 Å². The lowest BCUT2D eigenvalue weighted by atomic mass is 10.0. The van der Waals surface area contributed by atoms with Gasteiger partial charge in [-0.25, -0.2) is 4.39 Å². The summed E-state index contributed by atoms with van der Waals surface area (Å²) in [6.07, 6.45) is 1.62. The van der Waals surface area contributed by atoms with Crippen LogP contribution in [0.3, 0.4) is 0 Å². The van der Waals surface area contributed by atoms with Crippen molar-refractivity contribution in [3.63, 3.8) is 0 Å². The summed E-state index contributed by atoms with van der Waals surface area (Å²) in [6.45, 7) is 2.78. The zero-order chi connectivity index (χ0) is 12.3. The number of hydrogen-bond acceptors (Lipinski definition) is 2. The third kappa shape index (κ3) is 2.58. The molecule has 1 unspecified atom stereocenters. The second-order valence-electron chi connectivity index (χ2n) is 3.65. The van der Waals surface area contributed by atoms with E-state index in [-0.39, 0.29) is 11.9 Å². The Bertz CT molecular complexity index is 484. The maximum atomic E-state index is 13.5. The van der Waals surface area contributed by atoms with Gasteiger partial charge in [0.15, 0.2) is 0 Å². The van der Waals surface area contributed by atoms with Gasteiger partial charge in [-0.1, -0.05) is 19.1 Å². The summed E-state index contributed by atoms with van der Waals surface area (Å²) in [7, 11) is 0. The molecular weight excluding hydrogens is 285 g/mol. The van der Waals surface area contributed by atoms with Crippen LogP contribution in [-0.4, -0.2) is 6.54 Å². The molecule has 1 heterocycles. The summed E-state index contributed by atoms with van der Waals surface area (Å²) >= 11 is 3.28. The lowest BCUT2D eigenvalue weighted by molar-refractivity contribution is 0.450. The molecule has 90 valence electrons. The van der Waals surface area contributed by atoms with Crippen molar-refractivity contribution in [2.75, 3.05) is 6.54 Å². The maximum Gasteiger partial charge on any atom is 0.137 e. The number of furan rings is 1. The molecule has 2 nitrogen and oxygen atoms in total. The number of benzene rings is 1. The average Bonchev–Trinajstić information content (AvgIpc) is 2.84. The van der Waals surface area contributed by atoms with E-state index in [0.29, 0.717) is 4.47 Å². The SMILES string of the molecule is CCNC(c1ccco1)c1cccc(F)c1Br. The minimum absolute atomic E-state index is 0.139. The van der Waals surface area contributed by atoms with E-state index in [1.165, 1.54) is 6.07 Å². The van der Waals surface area contributed by atoms with Crippen LogP contribution < -0.4 is 5.32 Å². The Morgan fingerprint density at radius 2 is 2.18 bits per heavy atom. The van der Waals surface area contributed by atoms with Crippen LogP contribution in [0.15, 0.2) is 45.5 Å². The molecular formula is C13H13BrFNO. The third-order valence-electron chi connectivity index (χ3n) is 2.53. The summed E-state index contributed by atoms with van der Waals surface area (Å²) in [6, 6.07) is 8.57. The second-order valence-corrected chi connectivity index (χ2v) is 4.44. The summed E-state index contributed by atoms with van der Waals surface area (Å²) < 4.78 is 19.4. The summed E-state index contributed by atoms with van der Waals surface area (Å²) in [5.41, 5.74) is 0.835. The van der Waals surface area contributed by atoms with Gasteiger partial charge in [-0.3, -0.25) is 0 Å². The van der Waals surface area contributed by atoms with Crippen molar-refractivity contribution < 1.29 is 8.81 Å². The van der Waals surface area contributed by atoms with Crippen molar-refractivity contribution in [2.45, 2.75) is 13.0 Å². The molecule has 1 aromatic carbocycles. The Morgan fingerprint density at radius 3 is 2.82 bits per heavy atom. The van der Waals surface area contributed by atoms with Gasteiger partial charge in [0.25, 0.3) is 0 Å². The van der Waals surface area contributed by atoms with Crippen molar-refractivity contribution >= 4 is 15.9 Å². The van der Waals surface area contributed by atoms with E-state index in [1.54, 1.807) is 12.3 Å². The van der Waals surface area contributed by atoms with Crippen LogP contribution in [0, 0.1) is 5.82 Å². The van der Waals surface area contributed by atoms with Gasteiger partial charge in [0.05, 0.1) is 16.8 Å². The molecule has 1 atom stereocenters. The summed E-state index contributed by atoms with van der Waals surface area (Å²) in [5.74, 6) is 0.509. The van der Waals surface area contributed by atoms with Gasteiger partial charge < -0.3 is 9.73 Å². The Kier molecular flexibility index (Phi) is 3.97. The largest absolute Gasteiger partial charge is 0.467 e. The van der Waals surface area contributed by atoms with E-state index in [2.05, 4.69) is 21.2 Å². The highest BCUT2D eigenvalue weighted by Gasteiger charge is 2.19. The third-order valence-corrected chi connectivity index (χ3v) is 3.37. The molecule has 0 spiro atoms. The van der Waals surface area contributed by atoms with E-state index in [9.17, 15) is 4.39 Å². The molecule has 0 radical (unpaired) electrons. The molecule has 17 heavy (non-hydrogen) atoms. The second kappa shape index (κ2) is 5.47. The molecule has 0 fully saturated rings. The van der Waals surface area contributed by atoms with Crippen LogP contribution in [0.25, 0.3) is 0 Å². The highest BCUT2D eigenvalue weighted by Crippen LogP contribution is 2.30. The number of halogens is 2. The molecule has 4 heteroatoms. The minimum atomic E-state index is -0.267. The van der Waals surface area contributed by atoms with E-state index in [4.69, 9.17) is 4.42 Å². The van der Waals surface area contributed by atoms with E-state index in [0.717, 1.165) is 17.9 Å². The van der Waals surface area contributed by atoms with Crippen molar-refractivity contribution in [2.24, 2.45) is 0 Å². The number of nitrogens with one attached hydrogen (secondary N) is 1. The van der Waals surface area contributed by atoms with Crippen molar-refractivity contribution in [1.82, 2.24) is 5.32 Å². The molecule has 0 aliphatic carbocycles. The van der Waals surface area contributed by atoms with Crippen molar-refractivity contribution in [3.8, 4) is 0 Å². The van der Waals surface area contributed by atoms with Crippen LogP contribution >= 0.6 is 15.9 Å². The maximum absolute atomic E-state index is 13.5. The Labute approximate surface area is 108 Å². The monoisotopic (exact) mass is 297 g/mol. The fourth-order valence-electron chi connectivity index (χ4n) is 1.77. The van der Waals surface area contributed by atoms with Crippen molar-refractivity contribution in [1.29, 1.82) is 0 Å². The molecule has 1 N–H and O–H groups in total. The van der Waals surface area contributed by atoms with Gasteiger partial charge in [0, 0.05) is 0 Å². The molecule has 0 bridgehead atoms. The summed E-state index contributed by atoms with van der Waals surface area (Å²) in [4.78, 5) is 0. The van der Waals surface area contributed by atoms with E-state index < -0.39 is 0 Å². The number of rotatable bonds is 4. The first kappa shape index (κ1) is 12.3. The van der Waals surface area contributed by atoms with Crippen LogP contribution in [0.4, 0.5) is 4.39 Å². The molecule has 0 saturated heterocycles. The predicted molar refractivity (Wildman–Crippen MR) is 68.3 cm³/mol. The van der Waals surface area contributed by atoms with Crippen LogP contribution in [0.2, 0.25) is 0 Å². The molecule has 2 rings (SSSR count). The highest BCUT2D eigenvalue weighted by atomic mass is 79.9. The zero-order valence-corrected chi connectivity index (χ0v) is 11.0. The zero-order valence-electron chi connectivity index (χ0n) is 9.41. The van der Waals surface area contributed by atoms with Gasteiger partial charge in [0.1, 0.15) is 11.6 Å². The van der Waals surface area contributed by atoms with E-state index in [1.807, 2.05) is 25.1 Å². The van der Waals surface area contributed by atoms with Gasteiger partial charge in [0.2, 0.25) is 0 Å². The van der Waals surface area contributed by atoms with Crippen LogP contribution in [0.1, 0.15) is 24.3 Å². The fourth-order valence-corrected chi connectivity index (χ4v) is 2.26. The average molecular weight is 298 g/mol. The molecule has 0 aliphatic rings. The summed E-state index contributed by atoms with van der Waals surface area (Å²) in [5, 5.41) is 3.28. The highest BCUT2D eigenvalue weighted by molar-refractivity contribution is 9.10. The first-order valence-corrected chi connectivity index (χ1v) is 6.24. The Hall–Kier alpha value is -1.13. The Balaban J connectivity index is 2.43. The Morgan fingerprint density at radius 1 is 1.35 bits per heavy atom. The molecule has 1 aromatic heterocycles. The van der Waals surface area contributed by atoms with E-state index >= 15 is 0 Å². The number of hydrogen-bond donors (Lipinski definition) is 1.